The van der Waals surface area contributed by atoms with Crippen molar-refractivity contribution in [2.75, 3.05) is 5.75 Å². The highest BCUT2D eigenvalue weighted by molar-refractivity contribution is 7.94. The summed E-state index contributed by atoms with van der Waals surface area (Å²) in [5, 5.41) is 3.61. The first-order valence-corrected chi connectivity index (χ1v) is 9.08. The molecule has 0 spiro atoms. The number of carbonyl (C=O) groups is 1. The second kappa shape index (κ2) is 6.09. The van der Waals surface area contributed by atoms with Crippen LogP contribution < -0.4 is 10.9 Å². The Kier molecular flexibility index (Phi) is 4.11. The third-order valence-electron chi connectivity index (χ3n) is 3.76. The van der Waals surface area contributed by atoms with Gasteiger partial charge in [0.1, 0.15) is 5.56 Å². The number of carbonyl (C=O) groups excluding carboxylic acids is 1. The van der Waals surface area contributed by atoms with Crippen LogP contribution in [0.2, 0.25) is 0 Å². The van der Waals surface area contributed by atoms with E-state index in [1.54, 1.807) is 6.07 Å². The van der Waals surface area contributed by atoms with Crippen LogP contribution in [-0.2, 0) is 9.84 Å². The number of sulfone groups is 1. The van der Waals surface area contributed by atoms with Gasteiger partial charge in [-0.25, -0.2) is 8.42 Å². The lowest BCUT2D eigenvalue weighted by molar-refractivity contribution is 0.0946. The minimum absolute atomic E-state index is 0.0523. The predicted octanol–water partition coefficient (Wildman–Crippen LogP) is 1.39. The topological polar surface area (TPSA) is 96.1 Å². The van der Waals surface area contributed by atoms with Crippen LogP contribution in [0.25, 0.3) is 11.3 Å². The summed E-state index contributed by atoms with van der Waals surface area (Å²) < 4.78 is 22.7. The van der Waals surface area contributed by atoms with E-state index in [2.05, 4.69) is 10.3 Å². The first-order valence-electron chi connectivity index (χ1n) is 7.36. The lowest BCUT2D eigenvalue weighted by atomic mass is 10.1. The van der Waals surface area contributed by atoms with Crippen molar-refractivity contribution in [1.82, 2.24) is 10.3 Å². The van der Waals surface area contributed by atoms with Crippen LogP contribution in [0, 0.1) is 6.92 Å². The van der Waals surface area contributed by atoms with E-state index in [1.165, 1.54) is 12.1 Å². The molecule has 0 fully saturated rings. The van der Waals surface area contributed by atoms with Crippen molar-refractivity contribution in [2.45, 2.75) is 13.0 Å². The van der Waals surface area contributed by atoms with E-state index in [0.29, 0.717) is 5.69 Å². The molecule has 124 valence electrons. The Hall–Kier alpha value is -2.67. The Labute approximate surface area is 139 Å². The molecule has 2 N–H and O–H groups in total. The molecule has 2 aromatic rings. The minimum atomic E-state index is -3.26. The van der Waals surface area contributed by atoms with E-state index >= 15 is 0 Å². The van der Waals surface area contributed by atoms with Crippen LogP contribution in [-0.4, -0.2) is 31.1 Å². The molecule has 1 aromatic carbocycles. The Bertz CT molecular complexity index is 972. The number of aromatic amines is 1. The number of rotatable bonds is 3. The van der Waals surface area contributed by atoms with E-state index in [4.69, 9.17) is 0 Å². The molecule has 0 bridgehead atoms. The van der Waals surface area contributed by atoms with Crippen LogP contribution in [0.5, 0.6) is 0 Å². The van der Waals surface area contributed by atoms with Crippen molar-refractivity contribution >= 4 is 15.7 Å². The Morgan fingerprint density at radius 1 is 1.17 bits per heavy atom. The van der Waals surface area contributed by atoms with E-state index in [9.17, 15) is 18.0 Å². The molecule has 3 rings (SSSR count). The fraction of sp³-hybridized carbons (Fsp3) is 0.176. The van der Waals surface area contributed by atoms with Gasteiger partial charge in [0.2, 0.25) is 0 Å². The van der Waals surface area contributed by atoms with Gasteiger partial charge in [0.25, 0.3) is 11.5 Å². The van der Waals surface area contributed by atoms with Crippen molar-refractivity contribution in [3.8, 4) is 11.3 Å². The maximum absolute atomic E-state index is 12.2. The quantitative estimate of drug-likeness (QED) is 0.879. The van der Waals surface area contributed by atoms with Crippen molar-refractivity contribution in [2.24, 2.45) is 0 Å². The molecule has 0 radical (unpaired) electrons. The molecule has 0 saturated carbocycles. The fourth-order valence-corrected chi connectivity index (χ4v) is 3.70. The first-order chi connectivity index (χ1) is 11.3. The summed E-state index contributed by atoms with van der Waals surface area (Å²) in [7, 11) is -3.26. The summed E-state index contributed by atoms with van der Waals surface area (Å²) in [6.07, 6.45) is 1.40. The van der Waals surface area contributed by atoms with Gasteiger partial charge in [0.05, 0.1) is 11.8 Å². The molecule has 7 heteroatoms. The molecule has 2 heterocycles. The summed E-state index contributed by atoms with van der Waals surface area (Å²) in [5.74, 6) is -0.781. The van der Waals surface area contributed by atoms with Gasteiger partial charge in [-0.15, -0.1) is 0 Å². The molecular formula is C17H16N2O4S. The van der Waals surface area contributed by atoms with Gasteiger partial charge >= 0.3 is 0 Å². The molecular weight excluding hydrogens is 328 g/mol. The molecule has 1 aromatic heterocycles. The number of H-pyrrole nitrogens is 1. The fourth-order valence-electron chi connectivity index (χ4n) is 2.47. The third kappa shape index (κ3) is 3.46. The smallest absolute Gasteiger partial charge is 0.261 e. The van der Waals surface area contributed by atoms with E-state index < -0.39 is 27.3 Å². The molecule has 1 amide bonds. The summed E-state index contributed by atoms with van der Waals surface area (Å²) in [4.78, 5) is 27.0. The molecule has 1 aliphatic rings. The molecule has 0 saturated heterocycles. The number of benzene rings is 1. The molecule has 0 aliphatic carbocycles. The standard InChI is InChI=1S/C17H16N2O4S/c1-11-2-4-12(5-3-11)15-7-6-14(17(21)19-15)16(20)18-13-8-9-24(22,23)10-13/h2-9,13H,10H2,1H3,(H,18,20)(H,19,21)/t13-/m0/s1. The first kappa shape index (κ1) is 16.2. The van der Waals surface area contributed by atoms with Crippen LogP contribution in [0.4, 0.5) is 0 Å². The van der Waals surface area contributed by atoms with E-state index in [1.807, 2.05) is 31.2 Å². The van der Waals surface area contributed by atoms with Crippen molar-refractivity contribution in [3.63, 3.8) is 0 Å². The molecule has 6 nitrogen and oxygen atoms in total. The lowest BCUT2D eigenvalue weighted by Gasteiger charge is -2.10. The van der Waals surface area contributed by atoms with Gasteiger partial charge in [0.15, 0.2) is 9.84 Å². The second-order valence-electron chi connectivity index (χ2n) is 5.72. The maximum atomic E-state index is 12.2. The summed E-state index contributed by atoms with van der Waals surface area (Å²) in [6, 6.07) is 10.1. The normalized spacial score (nSPS) is 18.5. The van der Waals surface area contributed by atoms with Gasteiger partial charge in [-0.2, -0.15) is 0 Å². The van der Waals surface area contributed by atoms with Gasteiger partial charge in [-0.1, -0.05) is 29.8 Å². The number of hydrogen-bond donors (Lipinski definition) is 2. The molecule has 0 unspecified atom stereocenters. The Morgan fingerprint density at radius 3 is 2.46 bits per heavy atom. The SMILES string of the molecule is Cc1ccc(-c2ccc(C(=O)N[C@H]3C=CS(=O)(=O)C3)c(=O)[nH]2)cc1. The number of hydrogen-bond acceptors (Lipinski definition) is 4. The van der Waals surface area contributed by atoms with Crippen LogP contribution in [0.3, 0.4) is 0 Å². The lowest BCUT2D eigenvalue weighted by Crippen LogP contribution is -2.38. The van der Waals surface area contributed by atoms with E-state index in [0.717, 1.165) is 16.5 Å². The largest absolute Gasteiger partial charge is 0.345 e. The van der Waals surface area contributed by atoms with Crippen LogP contribution >= 0.6 is 0 Å². The van der Waals surface area contributed by atoms with E-state index in [-0.39, 0.29) is 11.3 Å². The summed E-state index contributed by atoms with van der Waals surface area (Å²) in [6.45, 7) is 1.97. The highest BCUT2D eigenvalue weighted by Crippen LogP contribution is 2.16. The van der Waals surface area contributed by atoms with Gasteiger partial charge < -0.3 is 10.3 Å². The number of amides is 1. The van der Waals surface area contributed by atoms with Gasteiger partial charge in [0, 0.05) is 11.1 Å². The zero-order chi connectivity index (χ0) is 17.3. The maximum Gasteiger partial charge on any atom is 0.261 e. The predicted molar refractivity (Wildman–Crippen MR) is 91.4 cm³/mol. The third-order valence-corrected chi connectivity index (χ3v) is 5.16. The molecule has 1 aliphatic heterocycles. The van der Waals surface area contributed by atoms with Crippen LogP contribution in [0.15, 0.2) is 52.7 Å². The number of aromatic nitrogens is 1. The minimum Gasteiger partial charge on any atom is -0.345 e. The monoisotopic (exact) mass is 344 g/mol. The summed E-state index contributed by atoms with van der Waals surface area (Å²) in [5.41, 5.74) is 1.99. The number of pyridine rings is 1. The second-order valence-corrected chi connectivity index (χ2v) is 7.65. The average molecular weight is 344 g/mol. The van der Waals surface area contributed by atoms with Gasteiger partial charge in [-0.05, 0) is 30.7 Å². The zero-order valence-corrected chi connectivity index (χ0v) is 13.8. The number of aryl methyl sites for hydroxylation is 1. The summed E-state index contributed by atoms with van der Waals surface area (Å²) >= 11 is 0. The van der Waals surface area contributed by atoms with Crippen molar-refractivity contribution in [3.05, 3.63) is 69.4 Å². The Morgan fingerprint density at radius 2 is 1.88 bits per heavy atom. The highest BCUT2D eigenvalue weighted by Gasteiger charge is 2.24. The zero-order valence-electron chi connectivity index (χ0n) is 12.9. The van der Waals surface area contributed by atoms with Crippen LogP contribution in [0.1, 0.15) is 15.9 Å². The van der Waals surface area contributed by atoms with Crippen molar-refractivity contribution in [1.29, 1.82) is 0 Å². The van der Waals surface area contributed by atoms with Crippen molar-refractivity contribution < 1.29 is 13.2 Å². The van der Waals surface area contributed by atoms with Gasteiger partial charge in [-0.3, -0.25) is 9.59 Å². The molecule has 1 atom stereocenters. The number of nitrogens with one attached hydrogen (secondary N) is 2. The highest BCUT2D eigenvalue weighted by atomic mass is 32.2. The Balaban J connectivity index is 1.80. The average Bonchev–Trinajstić information content (AvgIpc) is 2.86. The molecule has 24 heavy (non-hydrogen) atoms.